The molecule has 0 aliphatic heterocycles. The summed E-state index contributed by atoms with van der Waals surface area (Å²) >= 11 is 0. The second-order valence-electron chi connectivity index (χ2n) is 4.23. The second kappa shape index (κ2) is 6.29. The fourth-order valence-electron chi connectivity index (χ4n) is 1.73. The molecular formula is C15H15F2NO. The van der Waals surface area contributed by atoms with Gasteiger partial charge in [-0.2, -0.15) is 0 Å². The van der Waals surface area contributed by atoms with Crippen LogP contribution in [-0.4, -0.2) is 6.61 Å². The Morgan fingerprint density at radius 1 is 1.00 bits per heavy atom. The summed E-state index contributed by atoms with van der Waals surface area (Å²) in [4.78, 5) is 0. The second-order valence-corrected chi connectivity index (χ2v) is 4.23. The molecule has 0 aliphatic carbocycles. The van der Waals surface area contributed by atoms with Gasteiger partial charge in [-0.05, 0) is 29.8 Å². The molecule has 0 aliphatic rings. The van der Waals surface area contributed by atoms with Crippen LogP contribution >= 0.6 is 0 Å². The molecule has 0 fully saturated rings. The molecule has 2 rings (SSSR count). The summed E-state index contributed by atoms with van der Waals surface area (Å²) in [5.41, 5.74) is 6.47. The monoisotopic (exact) mass is 263 g/mol. The van der Waals surface area contributed by atoms with E-state index in [0.717, 1.165) is 17.9 Å². The molecule has 100 valence electrons. The lowest BCUT2D eigenvalue weighted by molar-refractivity contribution is 0.298. The molecule has 2 aromatic carbocycles. The number of ether oxygens (including phenoxy) is 1. The first-order valence-corrected chi connectivity index (χ1v) is 6.05. The zero-order chi connectivity index (χ0) is 13.7. The Bertz CT molecular complexity index is 531. The van der Waals surface area contributed by atoms with Crippen LogP contribution < -0.4 is 10.5 Å². The third-order valence-corrected chi connectivity index (χ3v) is 2.81. The maximum atomic E-state index is 13.1. The molecule has 0 saturated carbocycles. The molecule has 2 N–H and O–H groups in total. The topological polar surface area (TPSA) is 35.2 Å². The van der Waals surface area contributed by atoms with Crippen molar-refractivity contribution >= 4 is 0 Å². The number of halogens is 2. The highest BCUT2D eigenvalue weighted by molar-refractivity contribution is 5.22. The Kier molecular flexibility index (Phi) is 4.47. The molecule has 0 radical (unpaired) electrons. The number of nitrogens with two attached hydrogens (primary N) is 1. The lowest BCUT2D eigenvalue weighted by atomic mass is 10.1. The van der Waals surface area contributed by atoms with Crippen molar-refractivity contribution in [2.45, 2.75) is 12.5 Å². The summed E-state index contributed by atoms with van der Waals surface area (Å²) < 4.78 is 31.4. The standard InChI is InChI=1S/C15H15F2NO/c16-13-7-6-11(10-14(13)17)15(18)8-9-19-12-4-2-1-3-5-12/h1-7,10,15H,8-9,18H2. The smallest absolute Gasteiger partial charge is 0.159 e. The largest absolute Gasteiger partial charge is 0.494 e. The summed E-state index contributed by atoms with van der Waals surface area (Å²) in [7, 11) is 0. The highest BCUT2D eigenvalue weighted by Gasteiger charge is 2.09. The van der Waals surface area contributed by atoms with Crippen LogP contribution in [0.5, 0.6) is 5.75 Å². The van der Waals surface area contributed by atoms with E-state index in [9.17, 15) is 8.78 Å². The van der Waals surface area contributed by atoms with Gasteiger partial charge in [0.05, 0.1) is 6.61 Å². The van der Waals surface area contributed by atoms with E-state index in [1.165, 1.54) is 6.07 Å². The summed E-state index contributed by atoms with van der Waals surface area (Å²) in [6, 6.07) is 12.7. The zero-order valence-electron chi connectivity index (χ0n) is 10.4. The van der Waals surface area contributed by atoms with E-state index in [4.69, 9.17) is 10.5 Å². The number of para-hydroxylation sites is 1. The first kappa shape index (κ1) is 13.5. The first-order valence-electron chi connectivity index (χ1n) is 6.05. The van der Waals surface area contributed by atoms with Gasteiger partial charge in [0.25, 0.3) is 0 Å². The summed E-state index contributed by atoms with van der Waals surface area (Å²) in [6.07, 6.45) is 0.528. The minimum absolute atomic E-state index is 0.376. The molecule has 0 bridgehead atoms. The predicted molar refractivity (Wildman–Crippen MR) is 69.8 cm³/mol. The van der Waals surface area contributed by atoms with Crippen molar-refractivity contribution < 1.29 is 13.5 Å². The van der Waals surface area contributed by atoms with Gasteiger partial charge >= 0.3 is 0 Å². The summed E-state index contributed by atoms with van der Waals surface area (Å²) in [6.45, 7) is 0.421. The molecule has 2 nitrogen and oxygen atoms in total. The van der Waals surface area contributed by atoms with Crippen LogP contribution in [0, 0.1) is 11.6 Å². The van der Waals surface area contributed by atoms with Crippen molar-refractivity contribution in [3.8, 4) is 5.75 Å². The van der Waals surface area contributed by atoms with E-state index in [2.05, 4.69) is 0 Å². The van der Waals surface area contributed by atoms with Gasteiger partial charge in [-0.25, -0.2) is 8.78 Å². The minimum atomic E-state index is -0.878. The molecule has 19 heavy (non-hydrogen) atoms. The van der Waals surface area contributed by atoms with Gasteiger partial charge in [-0.1, -0.05) is 24.3 Å². The number of rotatable bonds is 5. The molecule has 0 heterocycles. The van der Waals surface area contributed by atoms with Crippen LogP contribution in [-0.2, 0) is 0 Å². The number of hydrogen-bond acceptors (Lipinski definition) is 2. The van der Waals surface area contributed by atoms with Crippen LogP contribution in [0.15, 0.2) is 48.5 Å². The molecular weight excluding hydrogens is 248 g/mol. The molecule has 0 spiro atoms. The van der Waals surface area contributed by atoms with Gasteiger partial charge in [0.15, 0.2) is 11.6 Å². The Morgan fingerprint density at radius 3 is 2.42 bits per heavy atom. The predicted octanol–water partition coefficient (Wildman–Crippen LogP) is 3.43. The van der Waals surface area contributed by atoms with Crippen molar-refractivity contribution in [1.29, 1.82) is 0 Å². The third kappa shape index (κ3) is 3.76. The minimum Gasteiger partial charge on any atom is -0.494 e. The lowest BCUT2D eigenvalue weighted by Crippen LogP contribution is -2.14. The Balaban J connectivity index is 1.87. The molecule has 0 amide bonds. The molecule has 0 aromatic heterocycles. The maximum absolute atomic E-state index is 13.1. The summed E-state index contributed by atoms with van der Waals surface area (Å²) in [5.74, 6) is -0.978. The van der Waals surface area contributed by atoms with Gasteiger partial charge in [0.1, 0.15) is 5.75 Å². The maximum Gasteiger partial charge on any atom is 0.159 e. The average molecular weight is 263 g/mol. The Hall–Kier alpha value is -1.94. The molecule has 2 aromatic rings. The van der Waals surface area contributed by atoms with E-state index >= 15 is 0 Å². The highest BCUT2D eigenvalue weighted by atomic mass is 19.2. The highest BCUT2D eigenvalue weighted by Crippen LogP contribution is 2.18. The van der Waals surface area contributed by atoms with Crippen molar-refractivity contribution in [2.24, 2.45) is 5.73 Å². The fourth-order valence-corrected chi connectivity index (χ4v) is 1.73. The lowest BCUT2D eigenvalue weighted by Gasteiger charge is -2.13. The zero-order valence-corrected chi connectivity index (χ0v) is 10.4. The molecule has 1 atom stereocenters. The normalized spacial score (nSPS) is 12.2. The van der Waals surface area contributed by atoms with Crippen LogP contribution in [0.2, 0.25) is 0 Å². The van der Waals surface area contributed by atoms with Crippen molar-refractivity contribution in [2.75, 3.05) is 6.61 Å². The molecule has 4 heteroatoms. The van der Waals surface area contributed by atoms with Gasteiger partial charge in [-0.15, -0.1) is 0 Å². The average Bonchev–Trinajstić information content (AvgIpc) is 2.43. The summed E-state index contributed by atoms with van der Waals surface area (Å²) in [5, 5.41) is 0. The molecule has 1 unspecified atom stereocenters. The van der Waals surface area contributed by atoms with Gasteiger partial charge in [-0.3, -0.25) is 0 Å². The number of benzene rings is 2. The van der Waals surface area contributed by atoms with Crippen LogP contribution in [0.1, 0.15) is 18.0 Å². The fraction of sp³-hybridized carbons (Fsp3) is 0.200. The molecule has 0 saturated heterocycles. The van der Waals surface area contributed by atoms with Crippen LogP contribution in [0.4, 0.5) is 8.78 Å². The van der Waals surface area contributed by atoms with Crippen molar-refractivity contribution in [1.82, 2.24) is 0 Å². The Morgan fingerprint density at radius 2 is 1.74 bits per heavy atom. The van der Waals surface area contributed by atoms with Crippen molar-refractivity contribution in [3.05, 3.63) is 65.7 Å². The van der Waals surface area contributed by atoms with Gasteiger partial charge in [0.2, 0.25) is 0 Å². The van der Waals surface area contributed by atoms with E-state index < -0.39 is 11.6 Å². The van der Waals surface area contributed by atoms with E-state index in [0.29, 0.717) is 18.6 Å². The van der Waals surface area contributed by atoms with Gasteiger partial charge in [0, 0.05) is 12.5 Å². The van der Waals surface area contributed by atoms with E-state index in [1.54, 1.807) is 0 Å². The van der Waals surface area contributed by atoms with Crippen LogP contribution in [0.3, 0.4) is 0 Å². The number of hydrogen-bond donors (Lipinski definition) is 1. The quantitative estimate of drug-likeness (QED) is 0.897. The van der Waals surface area contributed by atoms with Crippen LogP contribution in [0.25, 0.3) is 0 Å². The third-order valence-electron chi connectivity index (χ3n) is 2.81. The Labute approximate surface area is 110 Å². The van der Waals surface area contributed by atoms with Crippen molar-refractivity contribution in [3.63, 3.8) is 0 Å². The van der Waals surface area contributed by atoms with Gasteiger partial charge < -0.3 is 10.5 Å². The first-order chi connectivity index (χ1) is 9.16. The van der Waals surface area contributed by atoms with E-state index in [1.807, 2.05) is 30.3 Å². The SMILES string of the molecule is NC(CCOc1ccccc1)c1ccc(F)c(F)c1. The van der Waals surface area contributed by atoms with E-state index in [-0.39, 0.29) is 6.04 Å².